The van der Waals surface area contributed by atoms with Gasteiger partial charge in [0.1, 0.15) is 6.54 Å². The van der Waals surface area contributed by atoms with Gasteiger partial charge in [0.15, 0.2) is 5.11 Å². The van der Waals surface area contributed by atoms with E-state index < -0.39 is 0 Å². The summed E-state index contributed by atoms with van der Waals surface area (Å²) in [4.78, 5) is 18.7. The topological polar surface area (TPSA) is 59.4 Å². The van der Waals surface area contributed by atoms with Gasteiger partial charge in [-0.25, -0.2) is 0 Å². The first-order chi connectivity index (χ1) is 13.3. The van der Waals surface area contributed by atoms with Crippen molar-refractivity contribution in [3.63, 3.8) is 0 Å². The number of aryl methyl sites for hydroxylation is 1. The number of hydrogen-bond donors (Lipinski definition) is 1. The maximum Gasteiger partial charge on any atom is 0.325 e. The van der Waals surface area contributed by atoms with E-state index in [9.17, 15) is 4.79 Å². The minimum Gasteiger partial charge on any atom is -0.465 e. The van der Waals surface area contributed by atoms with Gasteiger partial charge in [-0.3, -0.25) is 9.78 Å². The minimum absolute atomic E-state index is 0.110. The van der Waals surface area contributed by atoms with Crippen molar-refractivity contribution in [1.29, 1.82) is 0 Å². The summed E-state index contributed by atoms with van der Waals surface area (Å²) in [5, 5.41) is 3.92. The van der Waals surface area contributed by atoms with E-state index >= 15 is 0 Å². The molecule has 7 heteroatoms. The van der Waals surface area contributed by atoms with Crippen LogP contribution in [0.2, 0.25) is 0 Å². The van der Waals surface area contributed by atoms with Crippen LogP contribution in [-0.2, 0) is 9.53 Å². The number of nitrogens with zero attached hydrogens (tertiary/aromatic N) is 3. The van der Waals surface area contributed by atoms with Gasteiger partial charge in [0.2, 0.25) is 0 Å². The van der Waals surface area contributed by atoms with E-state index in [1.807, 2.05) is 30.0 Å². The number of carbonyl (C=O) groups is 1. The highest BCUT2D eigenvalue weighted by Gasteiger charge is 2.42. The third kappa shape index (κ3) is 3.76. The highest BCUT2D eigenvalue weighted by atomic mass is 32.1. The van der Waals surface area contributed by atoms with Crippen molar-refractivity contribution in [3.05, 3.63) is 53.1 Å². The van der Waals surface area contributed by atoms with E-state index in [1.165, 1.54) is 11.4 Å². The molecule has 28 heavy (non-hydrogen) atoms. The zero-order valence-electron chi connectivity index (χ0n) is 17.1. The Morgan fingerprint density at radius 3 is 2.68 bits per heavy atom. The van der Waals surface area contributed by atoms with Gasteiger partial charge in [0.25, 0.3) is 0 Å². The molecule has 1 aliphatic rings. The molecule has 0 radical (unpaired) electrons. The van der Waals surface area contributed by atoms with E-state index in [0.717, 1.165) is 11.3 Å². The quantitative estimate of drug-likeness (QED) is 0.590. The first-order valence-corrected chi connectivity index (χ1v) is 10.1. The second kappa shape index (κ2) is 8.31. The fraction of sp³-hybridized carbons (Fsp3) is 0.476. The second-order valence-corrected chi connectivity index (χ2v) is 7.74. The zero-order valence-corrected chi connectivity index (χ0v) is 17.9. The maximum absolute atomic E-state index is 12.3. The molecule has 0 unspecified atom stereocenters. The lowest BCUT2D eigenvalue weighted by atomic mass is 9.97. The van der Waals surface area contributed by atoms with Gasteiger partial charge in [-0.1, -0.05) is 6.07 Å². The summed E-state index contributed by atoms with van der Waals surface area (Å²) in [6, 6.07) is 8.13. The Morgan fingerprint density at radius 2 is 2.11 bits per heavy atom. The number of rotatable bonds is 6. The van der Waals surface area contributed by atoms with Crippen molar-refractivity contribution < 1.29 is 9.53 Å². The first-order valence-electron chi connectivity index (χ1n) is 9.67. The van der Waals surface area contributed by atoms with Gasteiger partial charge in [0.05, 0.1) is 24.4 Å². The van der Waals surface area contributed by atoms with E-state index in [0.29, 0.717) is 17.8 Å². The highest BCUT2D eigenvalue weighted by Crippen LogP contribution is 2.41. The number of thiocarbonyl (C=S) groups is 1. The van der Waals surface area contributed by atoms with Crippen molar-refractivity contribution in [3.8, 4) is 0 Å². The number of ether oxygens (including phenoxy) is 1. The molecule has 1 saturated heterocycles. The second-order valence-electron chi connectivity index (χ2n) is 7.35. The Labute approximate surface area is 171 Å². The summed E-state index contributed by atoms with van der Waals surface area (Å²) in [5.41, 5.74) is 4.42. The third-order valence-corrected chi connectivity index (χ3v) is 5.51. The molecule has 1 N–H and O–H groups in total. The van der Waals surface area contributed by atoms with E-state index in [4.69, 9.17) is 17.0 Å². The van der Waals surface area contributed by atoms with Crippen LogP contribution in [0.3, 0.4) is 0 Å². The van der Waals surface area contributed by atoms with E-state index in [1.54, 1.807) is 6.20 Å². The molecule has 2 atom stereocenters. The predicted molar refractivity (Wildman–Crippen MR) is 113 cm³/mol. The van der Waals surface area contributed by atoms with Gasteiger partial charge in [-0.2, -0.15) is 0 Å². The van der Waals surface area contributed by atoms with Gasteiger partial charge in [-0.05, 0) is 70.6 Å². The van der Waals surface area contributed by atoms with Crippen LogP contribution in [0.15, 0.2) is 30.5 Å². The number of hydrogen-bond acceptors (Lipinski definition) is 4. The Morgan fingerprint density at radius 1 is 1.36 bits per heavy atom. The Hall–Kier alpha value is -2.41. The molecule has 6 nitrogen and oxygen atoms in total. The van der Waals surface area contributed by atoms with Gasteiger partial charge < -0.3 is 19.5 Å². The number of nitrogens with one attached hydrogen (secondary N) is 1. The Kier molecular flexibility index (Phi) is 6.03. The molecule has 0 bridgehead atoms. The lowest BCUT2D eigenvalue weighted by Gasteiger charge is -2.27. The standard InChI is InChI=1S/C21H28N4O2S/c1-6-27-18(26)12-24-20(16-11-14(4)25(13(2)3)15(16)5)19(23-21(24)28)17-9-7-8-10-22-17/h7-11,13,19-20H,6,12H2,1-5H3,(H,23,28)/t19-,20-/m1/s1. The molecule has 0 saturated carbocycles. The summed E-state index contributed by atoms with van der Waals surface area (Å²) in [6.45, 7) is 10.9. The van der Waals surface area contributed by atoms with Crippen molar-refractivity contribution >= 4 is 23.3 Å². The van der Waals surface area contributed by atoms with Crippen molar-refractivity contribution in [2.24, 2.45) is 0 Å². The van der Waals surface area contributed by atoms with Gasteiger partial charge >= 0.3 is 5.97 Å². The maximum atomic E-state index is 12.3. The molecule has 3 rings (SSSR count). The van der Waals surface area contributed by atoms with Gasteiger partial charge in [-0.15, -0.1) is 0 Å². The van der Waals surface area contributed by atoms with Crippen LogP contribution >= 0.6 is 12.2 Å². The lowest BCUT2D eigenvalue weighted by molar-refractivity contribution is -0.143. The monoisotopic (exact) mass is 400 g/mol. The van der Waals surface area contributed by atoms with Gasteiger partial charge in [0, 0.05) is 23.6 Å². The molecule has 0 aliphatic carbocycles. The van der Waals surface area contributed by atoms with Crippen molar-refractivity contribution in [2.45, 2.75) is 52.7 Å². The minimum atomic E-state index is -0.281. The van der Waals surface area contributed by atoms with E-state index in [2.05, 4.69) is 48.6 Å². The predicted octanol–water partition coefficient (Wildman–Crippen LogP) is 3.62. The molecule has 2 aromatic heterocycles. The molecular weight excluding hydrogens is 372 g/mol. The normalized spacial score (nSPS) is 19.2. The smallest absolute Gasteiger partial charge is 0.325 e. The molecule has 1 fully saturated rings. The van der Waals surface area contributed by atoms with Crippen LogP contribution in [0, 0.1) is 13.8 Å². The number of pyridine rings is 1. The Bertz CT molecular complexity index is 863. The molecule has 2 aromatic rings. The van der Waals surface area contributed by atoms with Crippen LogP contribution in [0.1, 0.15) is 61.5 Å². The van der Waals surface area contributed by atoms with Crippen molar-refractivity contribution in [2.75, 3.05) is 13.2 Å². The molecular formula is C21H28N4O2S. The van der Waals surface area contributed by atoms with Crippen LogP contribution in [0.4, 0.5) is 0 Å². The number of esters is 1. The molecule has 0 amide bonds. The van der Waals surface area contributed by atoms with Crippen LogP contribution in [0.25, 0.3) is 0 Å². The van der Waals surface area contributed by atoms with Crippen LogP contribution < -0.4 is 5.32 Å². The molecule has 0 aromatic carbocycles. The van der Waals surface area contributed by atoms with E-state index in [-0.39, 0.29) is 24.6 Å². The lowest BCUT2D eigenvalue weighted by Crippen LogP contribution is -2.35. The molecule has 0 spiro atoms. The highest BCUT2D eigenvalue weighted by molar-refractivity contribution is 7.80. The van der Waals surface area contributed by atoms with Crippen molar-refractivity contribution in [1.82, 2.24) is 19.8 Å². The fourth-order valence-electron chi connectivity index (χ4n) is 4.16. The largest absolute Gasteiger partial charge is 0.465 e. The van der Waals surface area contributed by atoms with Crippen LogP contribution in [-0.4, -0.2) is 38.7 Å². The van der Waals surface area contributed by atoms with Crippen LogP contribution in [0.5, 0.6) is 0 Å². The summed E-state index contributed by atoms with van der Waals surface area (Å²) in [5.74, 6) is -0.281. The number of carbonyl (C=O) groups excluding carboxylic acids is 1. The summed E-state index contributed by atoms with van der Waals surface area (Å²) in [6.07, 6.45) is 1.78. The average molecular weight is 401 g/mol. The summed E-state index contributed by atoms with van der Waals surface area (Å²) >= 11 is 5.60. The molecule has 3 heterocycles. The Balaban J connectivity index is 2.07. The molecule has 1 aliphatic heterocycles. The zero-order chi connectivity index (χ0) is 20.4. The summed E-state index contributed by atoms with van der Waals surface area (Å²) in [7, 11) is 0. The number of aromatic nitrogens is 2. The summed E-state index contributed by atoms with van der Waals surface area (Å²) < 4.78 is 7.50. The SMILES string of the molecule is CCOC(=O)CN1C(=S)N[C@H](c2ccccn2)[C@H]1c1cc(C)n(C(C)C)c1C. The first kappa shape index (κ1) is 20.3. The third-order valence-electron chi connectivity index (χ3n) is 5.16. The average Bonchev–Trinajstić information content (AvgIpc) is 3.12. The fourth-order valence-corrected chi connectivity index (χ4v) is 4.46. The molecule has 150 valence electrons.